The largest absolute Gasteiger partial charge is 0.269 e. The number of nitrogens with zero attached hydrogens (tertiary/aromatic N) is 1. The fourth-order valence-corrected chi connectivity index (χ4v) is 0.608. The Labute approximate surface area is 59.9 Å². The van der Waals surface area contributed by atoms with Gasteiger partial charge in [0.25, 0.3) is 5.69 Å². The quantitative estimate of drug-likeness (QED) is 0.440. The first-order chi connectivity index (χ1) is 5.11. The van der Waals surface area contributed by atoms with Gasteiger partial charge in [0.05, 0.1) is 6.29 Å². The van der Waals surface area contributed by atoms with E-state index >= 15 is 0 Å². The van der Waals surface area contributed by atoms with Gasteiger partial charge in [-0.2, -0.15) is 0 Å². The van der Waals surface area contributed by atoms with Crippen molar-refractivity contribution < 1.29 is 6.29 Å². The number of benzene rings is 1. The Bertz CT molecular complexity index is 298. The van der Waals surface area contributed by atoms with E-state index in [4.69, 9.17) is 1.37 Å². The number of rotatable bonds is 1. The topological polar surface area (TPSA) is 43.1 Å². The fraction of sp³-hybridized carbons (Fsp3) is 0.143. The van der Waals surface area contributed by atoms with Gasteiger partial charge in [-0.25, -0.2) is 0 Å². The van der Waals surface area contributed by atoms with Crippen molar-refractivity contribution in [1.82, 2.24) is 0 Å². The van der Waals surface area contributed by atoms with E-state index in [1.54, 1.807) is 13.0 Å². The first-order valence-corrected chi connectivity index (χ1v) is 2.83. The van der Waals surface area contributed by atoms with Gasteiger partial charge in [0.15, 0.2) is 0 Å². The molecule has 1 aromatic carbocycles. The van der Waals surface area contributed by atoms with Crippen LogP contribution < -0.4 is 0 Å². The van der Waals surface area contributed by atoms with Crippen LogP contribution in [0, 0.1) is 17.0 Å². The normalized spacial score (nSPS) is 10.7. The zero-order valence-corrected chi connectivity index (χ0v) is 5.50. The van der Waals surface area contributed by atoms with Crippen LogP contribution in [0.1, 0.15) is 6.93 Å². The van der Waals surface area contributed by atoms with Gasteiger partial charge in [0.2, 0.25) is 0 Å². The van der Waals surface area contributed by atoms with Gasteiger partial charge in [0.1, 0.15) is 0 Å². The van der Waals surface area contributed by atoms with Crippen molar-refractivity contribution in [2.24, 2.45) is 0 Å². The van der Waals surface area contributed by atoms with Crippen molar-refractivity contribution in [2.75, 3.05) is 0 Å². The van der Waals surface area contributed by atoms with Crippen LogP contribution in [-0.4, -0.2) is 4.92 Å². The maximum Gasteiger partial charge on any atom is 0.269 e. The summed E-state index contributed by atoms with van der Waals surface area (Å²) in [5.41, 5.74) is 0.719. The van der Waals surface area contributed by atoms with E-state index in [9.17, 15) is 10.1 Å². The zero-order chi connectivity index (χ0) is 8.43. The lowest BCUT2D eigenvalue weighted by Crippen LogP contribution is -1.86. The molecule has 0 aliphatic rings. The molecule has 1 aromatic rings. The van der Waals surface area contributed by atoms with Crippen molar-refractivity contribution in [1.29, 1.82) is 0 Å². The maximum atomic E-state index is 10.2. The summed E-state index contributed by atoms with van der Waals surface area (Å²) < 4.78 is 7.20. The van der Waals surface area contributed by atoms with Gasteiger partial charge in [0, 0.05) is 12.1 Å². The summed E-state index contributed by atoms with van der Waals surface area (Å²) in [5.74, 6) is 0. The van der Waals surface area contributed by atoms with E-state index in [1.165, 1.54) is 12.1 Å². The fourth-order valence-electron chi connectivity index (χ4n) is 0.608. The Morgan fingerprint density at radius 3 is 2.80 bits per heavy atom. The first-order valence-electron chi connectivity index (χ1n) is 3.33. The lowest BCUT2D eigenvalue weighted by molar-refractivity contribution is -0.384. The van der Waals surface area contributed by atoms with Crippen LogP contribution in [0.4, 0.5) is 5.69 Å². The molecule has 0 fully saturated rings. The number of aryl methyl sites for hydroxylation is 1. The lowest BCUT2D eigenvalue weighted by atomic mass is 10.2. The van der Waals surface area contributed by atoms with Gasteiger partial charge in [-0.15, -0.1) is 0 Å². The monoisotopic (exact) mass is 139 g/mol. The van der Waals surface area contributed by atoms with Crippen LogP contribution in [0.15, 0.2) is 24.2 Å². The molecule has 3 nitrogen and oxygen atoms in total. The van der Waals surface area contributed by atoms with Crippen molar-refractivity contribution in [3.63, 3.8) is 0 Å². The molecule has 0 atom stereocenters. The number of nitro groups is 1. The molecule has 3 heteroatoms. The predicted octanol–water partition coefficient (Wildman–Crippen LogP) is 1.90. The molecule has 0 unspecified atom stereocenters. The predicted molar refractivity (Wildman–Crippen MR) is 37.8 cm³/mol. The molecule has 0 spiro atoms. The van der Waals surface area contributed by atoms with Gasteiger partial charge in [-0.1, -0.05) is 17.7 Å². The molecule has 52 valence electrons. The van der Waals surface area contributed by atoms with E-state index in [1.807, 2.05) is 0 Å². The summed E-state index contributed by atoms with van der Waals surface area (Å²) in [6.07, 6.45) is 0. The minimum absolute atomic E-state index is 0.0324. The maximum absolute atomic E-state index is 10.2. The highest BCUT2D eigenvalue weighted by Crippen LogP contribution is 2.10. The van der Waals surface area contributed by atoms with Gasteiger partial charge >= 0.3 is 0 Å². The Balaban J connectivity index is 3.20. The zero-order valence-electron chi connectivity index (χ0n) is 6.50. The molecule has 0 N–H and O–H groups in total. The summed E-state index contributed by atoms with van der Waals surface area (Å²) in [7, 11) is 0. The molecule has 10 heavy (non-hydrogen) atoms. The third-order valence-corrected chi connectivity index (χ3v) is 1.15. The SMILES string of the molecule is [3H]c1cc(C)ccc1[N+](=O)[O-]. The number of hydrogen-bond donors (Lipinski definition) is 0. The number of nitro benzene ring substituents is 1. The summed E-state index contributed by atoms with van der Waals surface area (Å²) in [6, 6.07) is 4.40. The molecule has 0 aliphatic heterocycles. The van der Waals surface area contributed by atoms with Gasteiger partial charge in [-0.3, -0.25) is 10.1 Å². The summed E-state index contributed by atoms with van der Waals surface area (Å²) >= 11 is 0. The van der Waals surface area contributed by atoms with Gasteiger partial charge in [-0.05, 0) is 6.92 Å². The van der Waals surface area contributed by atoms with Crippen molar-refractivity contribution in [3.8, 4) is 0 Å². The van der Waals surface area contributed by atoms with Crippen molar-refractivity contribution in [2.45, 2.75) is 6.92 Å². The standard InChI is InChI=1S/C7H7NO2/c1-6-2-4-7(5-3-6)8(9)10/h2-5H,1H3/i4T. The van der Waals surface area contributed by atoms with E-state index in [2.05, 4.69) is 0 Å². The van der Waals surface area contributed by atoms with Crippen LogP contribution in [0.25, 0.3) is 0 Å². The van der Waals surface area contributed by atoms with Crippen LogP contribution in [0.2, 0.25) is 0 Å². The second-order valence-corrected chi connectivity index (χ2v) is 2.01. The molecule has 0 aliphatic carbocycles. The molecule has 0 saturated heterocycles. The highest BCUT2D eigenvalue weighted by Gasteiger charge is 2.00. The van der Waals surface area contributed by atoms with Crippen molar-refractivity contribution >= 4 is 5.69 Å². The summed E-state index contributed by atoms with van der Waals surface area (Å²) in [6.45, 7) is 1.79. The molecular formula is C7H7NO2. The number of hydrogen-bond acceptors (Lipinski definition) is 2. The molecule has 0 bridgehead atoms. The molecule has 0 amide bonds. The highest BCUT2D eigenvalue weighted by molar-refractivity contribution is 5.31. The third kappa shape index (κ3) is 1.31. The molecule has 1 rings (SSSR count). The van der Waals surface area contributed by atoms with Crippen LogP contribution in [-0.2, 0) is 0 Å². The minimum Gasteiger partial charge on any atom is -0.258 e. The molecule has 0 saturated carbocycles. The summed E-state index contributed by atoms with van der Waals surface area (Å²) in [5, 5.41) is 10.2. The Morgan fingerprint density at radius 2 is 2.30 bits per heavy atom. The molecular weight excluding hydrogens is 130 g/mol. The van der Waals surface area contributed by atoms with E-state index in [0.717, 1.165) is 5.56 Å². The average molecular weight is 139 g/mol. The third-order valence-electron chi connectivity index (χ3n) is 1.15. The summed E-state index contributed by atoms with van der Waals surface area (Å²) in [4.78, 5) is 9.66. The van der Waals surface area contributed by atoms with E-state index in [0.29, 0.717) is 0 Å². The average Bonchev–Trinajstić information content (AvgIpc) is 1.85. The minimum atomic E-state index is -0.554. The van der Waals surface area contributed by atoms with Crippen molar-refractivity contribution in [3.05, 3.63) is 39.9 Å². The molecule has 0 radical (unpaired) electrons. The second-order valence-electron chi connectivity index (χ2n) is 2.01. The van der Waals surface area contributed by atoms with Crippen LogP contribution in [0.3, 0.4) is 0 Å². The lowest BCUT2D eigenvalue weighted by Gasteiger charge is -1.90. The smallest absolute Gasteiger partial charge is 0.258 e. The van der Waals surface area contributed by atoms with Gasteiger partial charge < -0.3 is 0 Å². The Kier molecular flexibility index (Phi) is 1.34. The molecule has 0 aromatic heterocycles. The first kappa shape index (κ1) is 5.41. The Morgan fingerprint density at radius 1 is 1.60 bits per heavy atom. The van der Waals surface area contributed by atoms with E-state index in [-0.39, 0.29) is 11.7 Å². The molecule has 0 heterocycles. The second kappa shape index (κ2) is 2.47. The van der Waals surface area contributed by atoms with Crippen LogP contribution in [0.5, 0.6) is 0 Å². The Hall–Kier alpha value is -1.38. The van der Waals surface area contributed by atoms with E-state index < -0.39 is 4.92 Å². The highest BCUT2D eigenvalue weighted by atomic mass is 16.6. The van der Waals surface area contributed by atoms with Crippen LogP contribution >= 0.6 is 0 Å².